The molecule has 88 valence electrons. The molecule has 0 aliphatic rings. The quantitative estimate of drug-likeness (QED) is 0.571. The summed E-state index contributed by atoms with van der Waals surface area (Å²) in [5, 5.41) is 11.6. The van der Waals surface area contributed by atoms with Crippen LogP contribution in [-0.4, -0.2) is 51.1 Å². The van der Waals surface area contributed by atoms with E-state index in [2.05, 4.69) is 5.32 Å². The second kappa shape index (κ2) is 8.40. The lowest BCUT2D eigenvalue weighted by atomic mass is 10.2. The van der Waals surface area contributed by atoms with Crippen molar-refractivity contribution in [2.45, 2.75) is 13.0 Å². The molecule has 0 aromatic heterocycles. The maximum Gasteiger partial charge on any atom is 0.328 e. The summed E-state index contributed by atoms with van der Waals surface area (Å²) in [4.78, 5) is 10.3. The van der Waals surface area contributed by atoms with E-state index in [4.69, 9.17) is 14.6 Å². The molecule has 0 radical (unpaired) electrons. The van der Waals surface area contributed by atoms with Crippen LogP contribution in [0.4, 0.5) is 0 Å². The van der Waals surface area contributed by atoms with E-state index in [1.165, 1.54) is 6.08 Å². The van der Waals surface area contributed by atoms with Crippen molar-refractivity contribution < 1.29 is 19.4 Å². The fourth-order valence-corrected chi connectivity index (χ4v) is 1.09. The van der Waals surface area contributed by atoms with Gasteiger partial charge in [0.15, 0.2) is 0 Å². The van der Waals surface area contributed by atoms with Crippen molar-refractivity contribution in [1.82, 2.24) is 5.32 Å². The smallest absolute Gasteiger partial charge is 0.328 e. The van der Waals surface area contributed by atoms with Crippen molar-refractivity contribution in [3.8, 4) is 0 Å². The fraction of sp³-hybridized carbons (Fsp3) is 0.700. The van der Waals surface area contributed by atoms with Gasteiger partial charge in [-0.05, 0) is 6.92 Å². The molecular weight excluding hydrogens is 198 g/mol. The Kier molecular flexibility index (Phi) is 7.89. The Morgan fingerprint density at radius 3 is 2.67 bits per heavy atom. The number of carboxylic acid groups (broad SMARTS) is 1. The van der Waals surface area contributed by atoms with E-state index in [1.54, 1.807) is 21.1 Å². The minimum absolute atomic E-state index is 0.00683. The lowest BCUT2D eigenvalue weighted by molar-refractivity contribution is -0.131. The normalized spacial score (nSPS) is 13.9. The van der Waals surface area contributed by atoms with Crippen LogP contribution in [0.2, 0.25) is 0 Å². The standard InChI is InChI=1S/C10H19NO4/c1-8(4-10(12)13)5-11-6-9(15-3)7-14-2/h4,9,11H,5-7H2,1-3H3,(H,12,13). The SMILES string of the molecule is COCC(CNCC(C)=CC(=O)O)OC. The zero-order chi connectivity index (χ0) is 11.7. The molecule has 0 spiro atoms. The lowest BCUT2D eigenvalue weighted by Gasteiger charge is -2.14. The number of aliphatic carboxylic acids is 1. The van der Waals surface area contributed by atoms with Crippen LogP contribution < -0.4 is 5.32 Å². The van der Waals surface area contributed by atoms with E-state index in [0.29, 0.717) is 19.7 Å². The van der Waals surface area contributed by atoms with Crippen LogP contribution in [0, 0.1) is 0 Å². The highest BCUT2D eigenvalue weighted by molar-refractivity contribution is 5.80. The van der Waals surface area contributed by atoms with Gasteiger partial charge < -0.3 is 19.9 Å². The molecule has 0 heterocycles. The van der Waals surface area contributed by atoms with Crippen molar-refractivity contribution in [3.05, 3.63) is 11.6 Å². The second-order valence-electron chi connectivity index (χ2n) is 3.27. The van der Waals surface area contributed by atoms with Gasteiger partial charge in [0.1, 0.15) is 0 Å². The van der Waals surface area contributed by atoms with Crippen LogP contribution in [0.1, 0.15) is 6.92 Å². The largest absolute Gasteiger partial charge is 0.478 e. The van der Waals surface area contributed by atoms with E-state index in [0.717, 1.165) is 5.57 Å². The number of carbonyl (C=O) groups is 1. The molecule has 0 amide bonds. The second-order valence-corrected chi connectivity index (χ2v) is 3.27. The van der Waals surface area contributed by atoms with Gasteiger partial charge in [-0.15, -0.1) is 0 Å². The fourth-order valence-electron chi connectivity index (χ4n) is 1.09. The average Bonchev–Trinajstić information content (AvgIpc) is 2.15. The predicted molar refractivity (Wildman–Crippen MR) is 56.9 cm³/mol. The van der Waals surface area contributed by atoms with E-state index >= 15 is 0 Å². The van der Waals surface area contributed by atoms with Crippen LogP contribution in [-0.2, 0) is 14.3 Å². The Hall–Kier alpha value is -0.910. The molecule has 0 saturated carbocycles. The number of nitrogens with one attached hydrogen (secondary N) is 1. The minimum atomic E-state index is -0.922. The first-order valence-electron chi connectivity index (χ1n) is 4.72. The summed E-state index contributed by atoms with van der Waals surface area (Å²) < 4.78 is 10.1. The molecule has 0 aromatic rings. The van der Waals surface area contributed by atoms with Crippen molar-refractivity contribution in [1.29, 1.82) is 0 Å². The third-order valence-corrected chi connectivity index (χ3v) is 1.83. The topological polar surface area (TPSA) is 67.8 Å². The van der Waals surface area contributed by atoms with Crippen molar-refractivity contribution in [2.24, 2.45) is 0 Å². The lowest BCUT2D eigenvalue weighted by Crippen LogP contribution is -2.32. The number of carboxylic acids is 1. The summed E-state index contributed by atoms with van der Waals surface area (Å²) >= 11 is 0. The molecule has 1 atom stereocenters. The summed E-state index contributed by atoms with van der Waals surface area (Å²) in [5.41, 5.74) is 0.773. The molecule has 1 unspecified atom stereocenters. The highest BCUT2D eigenvalue weighted by atomic mass is 16.5. The maximum atomic E-state index is 10.3. The Balaban J connectivity index is 3.72. The van der Waals surface area contributed by atoms with E-state index in [1.807, 2.05) is 0 Å². The van der Waals surface area contributed by atoms with E-state index < -0.39 is 5.97 Å². The molecule has 5 nitrogen and oxygen atoms in total. The summed E-state index contributed by atoms with van der Waals surface area (Å²) in [6.07, 6.45) is 1.18. The Labute approximate surface area is 90.1 Å². The summed E-state index contributed by atoms with van der Waals surface area (Å²) in [6, 6.07) is 0. The molecule has 0 rings (SSSR count). The summed E-state index contributed by atoms with van der Waals surface area (Å²) in [7, 11) is 3.23. The zero-order valence-corrected chi connectivity index (χ0v) is 9.45. The van der Waals surface area contributed by atoms with Crippen LogP contribution in [0.25, 0.3) is 0 Å². The first-order valence-corrected chi connectivity index (χ1v) is 4.72. The number of ether oxygens (including phenoxy) is 2. The summed E-state index contributed by atoms with van der Waals surface area (Å²) in [5.74, 6) is -0.922. The van der Waals surface area contributed by atoms with Gasteiger partial charge in [-0.3, -0.25) is 0 Å². The minimum Gasteiger partial charge on any atom is -0.478 e. The molecule has 0 saturated heterocycles. The van der Waals surface area contributed by atoms with E-state index in [-0.39, 0.29) is 6.10 Å². The molecular formula is C10H19NO4. The van der Waals surface area contributed by atoms with Gasteiger partial charge >= 0.3 is 5.97 Å². The first-order chi connectivity index (χ1) is 7.10. The van der Waals surface area contributed by atoms with Gasteiger partial charge in [-0.1, -0.05) is 5.57 Å². The van der Waals surface area contributed by atoms with Crippen molar-refractivity contribution in [3.63, 3.8) is 0 Å². The number of hydrogen-bond donors (Lipinski definition) is 2. The van der Waals surface area contributed by atoms with Crippen molar-refractivity contribution >= 4 is 5.97 Å². The monoisotopic (exact) mass is 217 g/mol. The Bertz CT molecular complexity index is 215. The van der Waals surface area contributed by atoms with Crippen molar-refractivity contribution in [2.75, 3.05) is 33.9 Å². The molecule has 0 aromatic carbocycles. The molecule has 15 heavy (non-hydrogen) atoms. The van der Waals surface area contributed by atoms with Crippen LogP contribution in [0.5, 0.6) is 0 Å². The van der Waals surface area contributed by atoms with Gasteiger partial charge in [-0.2, -0.15) is 0 Å². The molecule has 0 bridgehead atoms. The summed E-state index contributed by atoms with van der Waals surface area (Å²) in [6.45, 7) is 3.45. The first kappa shape index (κ1) is 14.1. The van der Waals surface area contributed by atoms with Gasteiger partial charge in [-0.25, -0.2) is 4.79 Å². The third-order valence-electron chi connectivity index (χ3n) is 1.83. The maximum absolute atomic E-state index is 10.3. The Morgan fingerprint density at radius 1 is 1.53 bits per heavy atom. The molecule has 0 aliphatic heterocycles. The molecule has 0 fully saturated rings. The Morgan fingerprint density at radius 2 is 2.20 bits per heavy atom. The molecule has 5 heteroatoms. The number of rotatable bonds is 8. The molecule has 0 aliphatic carbocycles. The van der Waals surface area contributed by atoms with Crippen LogP contribution in [0.3, 0.4) is 0 Å². The third kappa shape index (κ3) is 8.11. The van der Waals surface area contributed by atoms with Crippen LogP contribution >= 0.6 is 0 Å². The highest BCUT2D eigenvalue weighted by Gasteiger charge is 2.05. The van der Waals surface area contributed by atoms with Gasteiger partial charge in [0, 0.05) is 33.4 Å². The molecule has 2 N–H and O–H groups in total. The predicted octanol–water partition coefficient (Wildman–Crippen LogP) is 0.268. The average molecular weight is 217 g/mol. The van der Waals surface area contributed by atoms with Crippen LogP contribution in [0.15, 0.2) is 11.6 Å². The number of methoxy groups -OCH3 is 2. The van der Waals surface area contributed by atoms with Gasteiger partial charge in [0.25, 0.3) is 0 Å². The van der Waals surface area contributed by atoms with E-state index in [9.17, 15) is 4.79 Å². The van der Waals surface area contributed by atoms with Gasteiger partial charge in [0.2, 0.25) is 0 Å². The zero-order valence-electron chi connectivity index (χ0n) is 9.45. The highest BCUT2D eigenvalue weighted by Crippen LogP contribution is 1.92. The van der Waals surface area contributed by atoms with Gasteiger partial charge in [0.05, 0.1) is 12.7 Å². The number of hydrogen-bond acceptors (Lipinski definition) is 4.